The number of aromatic nitrogens is 3. The fourth-order valence-corrected chi connectivity index (χ4v) is 2.90. The monoisotopic (exact) mass is 295 g/mol. The predicted molar refractivity (Wildman–Crippen MR) is 83.0 cm³/mol. The minimum Gasteiger partial charge on any atom is -0.467 e. The van der Waals surface area contributed by atoms with Crippen molar-refractivity contribution in [3.05, 3.63) is 48.3 Å². The minimum absolute atomic E-state index is 0.544. The van der Waals surface area contributed by atoms with Crippen molar-refractivity contribution in [2.75, 3.05) is 13.1 Å². The Labute approximate surface area is 127 Å². The average molecular weight is 295 g/mol. The molecule has 0 bridgehead atoms. The van der Waals surface area contributed by atoms with Gasteiger partial charge in [-0.15, -0.1) is 0 Å². The summed E-state index contributed by atoms with van der Waals surface area (Å²) in [6, 6.07) is 3.87. The van der Waals surface area contributed by atoms with Gasteiger partial charge in [-0.05, 0) is 25.0 Å². The molecule has 3 aromatic heterocycles. The van der Waals surface area contributed by atoms with Crippen LogP contribution in [0.1, 0.15) is 24.2 Å². The summed E-state index contributed by atoms with van der Waals surface area (Å²) in [5, 5.41) is 13.7. The molecule has 22 heavy (non-hydrogen) atoms. The molecule has 0 aliphatic carbocycles. The molecule has 6 heteroatoms. The lowest BCUT2D eigenvalue weighted by molar-refractivity contribution is 0.482. The third-order valence-corrected chi connectivity index (χ3v) is 4.10. The number of amidine groups is 1. The van der Waals surface area contributed by atoms with E-state index in [-0.39, 0.29) is 0 Å². The molecule has 1 aliphatic heterocycles. The van der Waals surface area contributed by atoms with E-state index in [0.29, 0.717) is 12.4 Å². The quantitative estimate of drug-likeness (QED) is 0.595. The Morgan fingerprint density at radius 1 is 1.27 bits per heavy atom. The molecule has 1 saturated heterocycles. The van der Waals surface area contributed by atoms with Gasteiger partial charge in [0.05, 0.1) is 30.0 Å². The molecule has 0 aromatic carbocycles. The van der Waals surface area contributed by atoms with E-state index in [1.807, 2.05) is 23.0 Å². The summed E-state index contributed by atoms with van der Waals surface area (Å²) in [6.07, 6.45) is 9.39. The number of pyridine rings is 1. The van der Waals surface area contributed by atoms with Gasteiger partial charge in [0.1, 0.15) is 17.9 Å². The van der Waals surface area contributed by atoms with E-state index in [9.17, 15) is 0 Å². The molecule has 0 saturated carbocycles. The molecule has 0 radical (unpaired) electrons. The lowest BCUT2D eigenvalue weighted by atomic mass is 10.2. The Hall–Kier alpha value is -2.63. The van der Waals surface area contributed by atoms with Crippen molar-refractivity contribution in [1.82, 2.24) is 19.7 Å². The van der Waals surface area contributed by atoms with E-state index in [0.717, 1.165) is 35.3 Å². The number of hydrogen-bond acceptors (Lipinski definition) is 4. The molecule has 1 fully saturated rings. The number of furan rings is 1. The van der Waals surface area contributed by atoms with Crippen LogP contribution in [0.3, 0.4) is 0 Å². The second kappa shape index (κ2) is 5.29. The van der Waals surface area contributed by atoms with Gasteiger partial charge in [0.15, 0.2) is 0 Å². The number of rotatable bonds is 3. The Morgan fingerprint density at radius 2 is 2.14 bits per heavy atom. The smallest absolute Gasteiger partial charge is 0.131 e. The van der Waals surface area contributed by atoms with Crippen molar-refractivity contribution < 1.29 is 4.42 Å². The zero-order valence-electron chi connectivity index (χ0n) is 12.2. The second-order valence-electron chi connectivity index (χ2n) is 5.58. The van der Waals surface area contributed by atoms with E-state index < -0.39 is 0 Å². The predicted octanol–water partition coefficient (Wildman–Crippen LogP) is 2.49. The van der Waals surface area contributed by atoms with Gasteiger partial charge >= 0.3 is 0 Å². The molecule has 4 rings (SSSR count). The van der Waals surface area contributed by atoms with Crippen molar-refractivity contribution in [2.45, 2.75) is 19.4 Å². The standard InChI is InChI=1S/C16H17N5O/c17-16(20-5-1-2-6-20)13-7-14(22-11-13)10-21-15-9-18-4-3-12(15)8-19-21/h3-4,7-9,11,17H,1-2,5-6,10H2. The topological polar surface area (TPSA) is 70.9 Å². The van der Waals surface area contributed by atoms with Gasteiger partial charge in [-0.1, -0.05) is 0 Å². The van der Waals surface area contributed by atoms with Crippen LogP contribution in [0.25, 0.3) is 10.9 Å². The zero-order valence-corrected chi connectivity index (χ0v) is 12.2. The Kier molecular flexibility index (Phi) is 3.14. The van der Waals surface area contributed by atoms with Gasteiger partial charge in [0.2, 0.25) is 0 Å². The Balaban J connectivity index is 1.55. The van der Waals surface area contributed by atoms with Crippen LogP contribution < -0.4 is 0 Å². The maximum Gasteiger partial charge on any atom is 0.131 e. The van der Waals surface area contributed by atoms with Crippen LogP contribution in [0.15, 0.2) is 41.4 Å². The van der Waals surface area contributed by atoms with Crippen molar-refractivity contribution in [1.29, 1.82) is 5.41 Å². The molecule has 0 unspecified atom stereocenters. The summed E-state index contributed by atoms with van der Waals surface area (Å²) in [5.74, 6) is 1.35. The van der Waals surface area contributed by atoms with Gasteiger partial charge in [0, 0.05) is 24.7 Å². The number of likely N-dealkylation sites (tertiary alicyclic amines) is 1. The summed E-state index contributed by atoms with van der Waals surface area (Å²) in [4.78, 5) is 6.24. The highest BCUT2D eigenvalue weighted by atomic mass is 16.3. The molecule has 0 amide bonds. The van der Waals surface area contributed by atoms with Gasteiger partial charge < -0.3 is 9.32 Å². The third kappa shape index (κ3) is 2.26. The highest BCUT2D eigenvalue weighted by molar-refractivity contribution is 5.96. The molecule has 0 atom stereocenters. The van der Waals surface area contributed by atoms with Crippen LogP contribution in [0, 0.1) is 5.41 Å². The first-order valence-corrected chi connectivity index (χ1v) is 7.48. The van der Waals surface area contributed by atoms with Crippen LogP contribution >= 0.6 is 0 Å². The zero-order chi connectivity index (χ0) is 14.9. The molecule has 1 N–H and O–H groups in total. The molecular formula is C16H17N5O. The summed E-state index contributed by atoms with van der Waals surface area (Å²) < 4.78 is 7.48. The largest absolute Gasteiger partial charge is 0.467 e. The van der Waals surface area contributed by atoms with Crippen LogP contribution in [0.4, 0.5) is 0 Å². The van der Waals surface area contributed by atoms with Crippen LogP contribution in [0.5, 0.6) is 0 Å². The number of nitrogens with zero attached hydrogens (tertiary/aromatic N) is 4. The maximum atomic E-state index is 8.25. The lowest BCUT2D eigenvalue weighted by Gasteiger charge is -2.16. The highest BCUT2D eigenvalue weighted by Gasteiger charge is 2.18. The molecular weight excluding hydrogens is 278 g/mol. The van der Waals surface area contributed by atoms with Gasteiger partial charge in [-0.25, -0.2) is 0 Å². The Morgan fingerprint density at radius 3 is 3.00 bits per heavy atom. The third-order valence-electron chi connectivity index (χ3n) is 4.10. The summed E-state index contributed by atoms with van der Waals surface area (Å²) in [7, 11) is 0. The van der Waals surface area contributed by atoms with E-state index in [4.69, 9.17) is 9.83 Å². The SMILES string of the molecule is N=C(c1coc(Cn2ncc3ccncc32)c1)N1CCCC1. The highest BCUT2D eigenvalue weighted by Crippen LogP contribution is 2.18. The summed E-state index contributed by atoms with van der Waals surface area (Å²) in [5.41, 5.74) is 1.82. The molecule has 6 nitrogen and oxygen atoms in total. The molecule has 112 valence electrons. The van der Waals surface area contributed by atoms with Gasteiger partial charge in [-0.2, -0.15) is 5.10 Å². The average Bonchev–Trinajstić information content (AvgIpc) is 3.28. The molecule has 1 aliphatic rings. The van der Waals surface area contributed by atoms with Crippen molar-refractivity contribution in [3.8, 4) is 0 Å². The van der Waals surface area contributed by atoms with Crippen LogP contribution in [-0.2, 0) is 6.54 Å². The first-order valence-electron chi connectivity index (χ1n) is 7.48. The Bertz CT molecular complexity index is 813. The van der Waals surface area contributed by atoms with Gasteiger partial charge in [-0.3, -0.25) is 15.1 Å². The number of fused-ring (bicyclic) bond motifs is 1. The van der Waals surface area contributed by atoms with Crippen LogP contribution in [-0.4, -0.2) is 38.6 Å². The molecule has 0 spiro atoms. The first kappa shape index (κ1) is 13.1. The summed E-state index contributed by atoms with van der Waals surface area (Å²) >= 11 is 0. The van der Waals surface area contributed by atoms with Crippen LogP contribution in [0.2, 0.25) is 0 Å². The van der Waals surface area contributed by atoms with E-state index in [1.165, 1.54) is 12.8 Å². The fourth-order valence-electron chi connectivity index (χ4n) is 2.90. The minimum atomic E-state index is 0.544. The summed E-state index contributed by atoms with van der Waals surface area (Å²) in [6.45, 7) is 2.48. The number of nitrogens with one attached hydrogen (secondary N) is 1. The normalized spacial score (nSPS) is 14.8. The number of hydrogen-bond donors (Lipinski definition) is 1. The van der Waals surface area contributed by atoms with E-state index in [2.05, 4.69) is 15.0 Å². The maximum absolute atomic E-state index is 8.25. The lowest BCUT2D eigenvalue weighted by Crippen LogP contribution is -2.27. The molecule has 3 aromatic rings. The first-order chi connectivity index (χ1) is 10.8. The second-order valence-corrected chi connectivity index (χ2v) is 5.58. The van der Waals surface area contributed by atoms with E-state index in [1.54, 1.807) is 18.7 Å². The van der Waals surface area contributed by atoms with Crippen molar-refractivity contribution in [3.63, 3.8) is 0 Å². The van der Waals surface area contributed by atoms with E-state index >= 15 is 0 Å². The molecule has 4 heterocycles. The van der Waals surface area contributed by atoms with Crippen molar-refractivity contribution >= 4 is 16.7 Å². The fraction of sp³-hybridized carbons (Fsp3) is 0.312. The van der Waals surface area contributed by atoms with Gasteiger partial charge in [0.25, 0.3) is 0 Å². The van der Waals surface area contributed by atoms with Crippen molar-refractivity contribution in [2.24, 2.45) is 0 Å².